The molecular weight excluding hydrogens is 174 g/mol. The SMILES string of the molecule is CCC(CC)C1(C)CCN(C(C)=O)C1. The van der Waals surface area contributed by atoms with E-state index in [2.05, 4.69) is 20.8 Å². The lowest BCUT2D eigenvalue weighted by Crippen LogP contribution is -2.33. The van der Waals surface area contributed by atoms with Crippen molar-refractivity contribution in [3.05, 3.63) is 0 Å². The third-order valence-corrected chi connectivity index (χ3v) is 3.92. The zero-order valence-corrected chi connectivity index (χ0v) is 9.97. The zero-order valence-electron chi connectivity index (χ0n) is 9.97. The van der Waals surface area contributed by atoms with Gasteiger partial charge in [-0.25, -0.2) is 0 Å². The summed E-state index contributed by atoms with van der Waals surface area (Å²) >= 11 is 0. The molecule has 2 nitrogen and oxygen atoms in total. The van der Waals surface area contributed by atoms with Crippen LogP contribution in [0.5, 0.6) is 0 Å². The fourth-order valence-electron chi connectivity index (χ4n) is 2.86. The van der Waals surface area contributed by atoms with Gasteiger partial charge >= 0.3 is 0 Å². The molecule has 0 spiro atoms. The minimum Gasteiger partial charge on any atom is -0.342 e. The number of nitrogens with zero attached hydrogens (tertiary/aromatic N) is 1. The molecule has 1 amide bonds. The first kappa shape index (κ1) is 11.5. The van der Waals surface area contributed by atoms with Gasteiger partial charge in [-0.1, -0.05) is 33.6 Å². The fourth-order valence-corrected chi connectivity index (χ4v) is 2.86. The number of carbonyl (C=O) groups excluding carboxylic acids is 1. The van der Waals surface area contributed by atoms with E-state index in [1.54, 1.807) is 6.92 Å². The second-order valence-electron chi connectivity index (χ2n) is 4.86. The predicted octanol–water partition coefficient (Wildman–Crippen LogP) is 2.68. The number of carbonyl (C=O) groups is 1. The maximum Gasteiger partial charge on any atom is 0.219 e. The Morgan fingerprint density at radius 1 is 1.43 bits per heavy atom. The molecule has 0 aliphatic carbocycles. The first-order valence-electron chi connectivity index (χ1n) is 5.79. The number of rotatable bonds is 3. The minimum atomic E-state index is 0.236. The molecule has 2 heteroatoms. The second kappa shape index (κ2) is 4.33. The zero-order chi connectivity index (χ0) is 10.8. The van der Waals surface area contributed by atoms with Crippen LogP contribution in [0.3, 0.4) is 0 Å². The quantitative estimate of drug-likeness (QED) is 0.681. The average Bonchev–Trinajstić information content (AvgIpc) is 2.51. The average molecular weight is 197 g/mol. The van der Waals surface area contributed by atoms with Gasteiger partial charge in [0, 0.05) is 20.0 Å². The Balaban J connectivity index is 2.64. The number of amides is 1. The molecule has 1 unspecified atom stereocenters. The summed E-state index contributed by atoms with van der Waals surface area (Å²) in [6.07, 6.45) is 3.65. The van der Waals surface area contributed by atoms with Crippen LogP contribution >= 0.6 is 0 Å². The van der Waals surface area contributed by atoms with Crippen molar-refractivity contribution in [1.82, 2.24) is 4.90 Å². The normalized spacial score (nSPS) is 27.4. The molecule has 1 saturated heterocycles. The van der Waals surface area contributed by atoms with Gasteiger partial charge < -0.3 is 4.90 Å². The molecule has 0 saturated carbocycles. The Bertz CT molecular complexity index is 210. The molecule has 82 valence electrons. The lowest BCUT2D eigenvalue weighted by molar-refractivity contribution is -0.128. The number of hydrogen-bond acceptors (Lipinski definition) is 1. The third kappa shape index (κ3) is 2.10. The van der Waals surface area contributed by atoms with Gasteiger partial charge in [-0.2, -0.15) is 0 Å². The first-order valence-corrected chi connectivity index (χ1v) is 5.79. The van der Waals surface area contributed by atoms with Gasteiger partial charge in [0.05, 0.1) is 0 Å². The van der Waals surface area contributed by atoms with Gasteiger partial charge in [-0.3, -0.25) is 4.79 Å². The van der Waals surface area contributed by atoms with Crippen molar-refractivity contribution in [2.24, 2.45) is 11.3 Å². The van der Waals surface area contributed by atoms with E-state index in [1.807, 2.05) is 4.90 Å². The van der Waals surface area contributed by atoms with Crippen LogP contribution in [0.25, 0.3) is 0 Å². The van der Waals surface area contributed by atoms with E-state index >= 15 is 0 Å². The Kier molecular flexibility index (Phi) is 3.57. The van der Waals surface area contributed by atoms with Crippen LogP contribution < -0.4 is 0 Å². The Morgan fingerprint density at radius 2 is 2.00 bits per heavy atom. The largest absolute Gasteiger partial charge is 0.342 e. The highest BCUT2D eigenvalue weighted by molar-refractivity contribution is 5.73. The Labute approximate surface area is 87.7 Å². The van der Waals surface area contributed by atoms with E-state index in [1.165, 1.54) is 19.3 Å². The van der Waals surface area contributed by atoms with Crippen molar-refractivity contribution in [3.63, 3.8) is 0 Å². The summed E-state index contributed by atoms with van der Waals surface area (Å²) in [6, 6.07) is 0. The van der Waals surface area contributed by atoms with Gasteiger partial charge in [-0.15, -0.1) is 0 Å². The molecule has 0 N–H and O–H groups in total. The van der Waals surface area contributed by atoms with Crippen molar-refractivity contribution in [1.29, 1.82) is 0 Å². The van der Waals surface area contributed by atoms with E-state index < -0.39 is 0 Å². The lowest BCUT2D eigenvalue weighted by atomic mass is 9.73. The van der Waals surface area contributed by atoms with Crippen LogP contribution in [0.15, 0.2) is 0 Å². The molecular formula is C12H23NO. The van der Waals surface area contributed by atoms with E-state index in [0.717, 1.165) is 19.0 Å². The summed E-state index contributed by atoms with van der Waals surface area (Å²) in [5.41, 5.74) is 0.370. The molecule has 0 aromatic heterocycles. The van der Waals surface area contributed by atoms with Crippen molar-refractivity contribution in [3.8, 4) is 0 Å². The van der Waals surface area contributed by atoms with E-state index in [0.29, 0.717) is 5.41 Å². The van der Waals surface area contributed by atoms with Crippen LogP contribution in [0.1, 0.15) is 47.0 Å². The summed E-state index contributed by atoms with van der Waals surface area (Å²) in [5, 5.41) is 0. The summed E-state index contributed by atoms with van der Waals surface area (Å²) in [5.74, 6) is 1.01. The summed E-state index contributed by atoms with van der Waals surface area (Å²) in [6.45, 7) is 10.5. The van der Waals surface area contributed by atoms with Crippen LogP contribution in [0.2, 0.25) is 0 Å². The monoisotopic (exact) mass is 197 g/mol. The lowest BCUT2D eigenvalue weighted by Gasteiger charge is -2.32. The Morgan fingerprint density at radius 3 is 2.36 bits per heavy atom. The number of likely N-dealkylation sites (tertiary alicyclic amines) is 1. The van der Waals surface area contributed by atoms with E-state index in [9.17, 15) is 4.79 Å². The maximum absolute atomic E-state index is 11.3. The molecule has 0 aromatic rings. The van der Waals surface area contributed by atoms with Crippen LogP contribution in [0, 0.1) is 11.3 Å². The summed E-state index contributed by atoms with van der Waals surface area (Å²) < 4.78 is 0. The van der Waals surface area contributed by atoms with Crippen LogP contribution in [-0.2, 0) is 4.79 Å². The first-order chi connectivity index (χ1) is 6.53. The molecule has 1 fully saturated rings. The second-order valence-corrected chi connectivity index (χ2v) is 4.86. The van der Waals surface area contributed by atoms with Crippen LogP contribution in [-0.4, -0.2) is 23.9 Å². The van der Waals surface area contributed by atoms with Crippen molar-refractivity contribution in [2.75, 3.05) is 13.1 Å². The third-order valence-electron chi connectivity index (χ3n) is 3.92. The van der Waals surface area contributed by atoms with Crippen LogP contribution in [0.4, 0.5) is 0 Å². The van der Waals surface area contributed by atoms with Crippen molar-refractivity contribution < 1.29 is 4.79 Å². The van der Waals surface area contributed by atoms with Gasteiger partial charge in [0.15, 0.2) is 0 Å². The molecule has 0 radical (unpaired) electrons. The molecule has 1 heterocycles. The minimum absolute atomic E-state index is 0.236. The molecule has 1 rings (SSSR count). The van der Waals surface area contributed by atoms with Crippen molar-refractivity contribution in [2.45, 2.75) is 47.0 Å². The number of hydrogen-bond donors (Lipinski definition) is 0. The molecule has 1 atom stereocenters. The van der Waals surface area contributed by atoms with Gasteiger partial charge in [0.25, 0.3) is 0 Å². The highest BCUT2D eigenvalue weighted by atomic mass is 16.2. The summed E-state index contributed by atoms with van der Waals surface area (Å²) in [4.78, 5) is 13.3. The molecule has 0 aromatic carbocycles. The fraction of sp³-hybridized carbons (Fsp3) is 0.917. The predicted molar refractivity (Wildman–Crippen MR) is 59.1 cm³/mol. The highest BCUT2D eigenvalue weighted by Crippen LogP contribution is 2.40. The Hall–Kier alpha value is -0.530. The topological polar surface area (TPSA) is 20.3 Å². The highest BCUT2D eigenvalue weighted by Gasteiger charge is 2.39. The van der Waals surface area contributed by atoms with E-state index in [-0.39, 0.29) is 5.91 Å². The molecule has 1 aliphatic heterocycles. The molecule has 0 bridgehead atoms. The standard InChI is InChI=1S/C12H23NO/c1-5-11(6-2)12(4)7-8-13(9-12)10(3)14/h11H,5-9H2,1-4H3. The van der Waals surface area contributed by atoms with E-state index in [4.69, 9.17) is 0 Å². The maximum atomic E-state index is 11.3. The smallest absolute Gasteiger partial charge is 0.219 e. The van der Waals surface area contributed by atoms with Crippen molar-refractivity contribution >= 4 is 5.91 Å². The molecule has 14 heavy (non-hydrogen) atoms. The van der Waals surface area contributed by atoms with Gasteiger partial charge in [0.1, 0.15) is 0 Å². The van der Waals surface area contributed by atoms with Gasteiger partial charge in [-0.05, 0) is 17.8 Å². The summed E-state index contributed by atoms with van der Waals surface area (Å²) in [7, 11) is 0. The molecule has 1 aliphatic rings. The van der Waals surface area contributed by atoms with Gasteiger partial charge in [0.2, 0.25) is 5.91 Å².